The van der Waals surface area contributed by atoms with Gasteiger partial charge in [-0.05, 0) is 18.8 Å². The Kier molecular flexibility index (Phi) is 3.28. The molecule has 3 nitrogen and oxygen atoms in total. The average molecular weight is 229 g/mol. The number of aromatic nitrogens is 2. The van der Waals surface area contributed by atoms with E-state index in [4.69, 9.17) is 5.73 Å². The summed E-state index contributed by atoms with van der Waals surface area (Å²) in [6.07, 6.45) is 5.36. The third kappa shape index (κ3) is 2.60. The molecular weight excluding hydrogens is 214 g/mol. The van der Waals surface area contributed by atoms with E-state index in [-0.39, 0.29) is 0 Å². The van der Waals surface area contributed by atoms with Crippen LogP contribution < -0.4 is 5.73 Å². The number of nitrogens with two attached hydrogens (primary N) is 1. The van der Waals surface area contributed by atoms with E-state index in [9.17, 15) is 0 Å². The molecule has 1 fully saturated rings. The van der Waals surface area contributed by atoms with Crippen LogP contribution in [0.5, 0.6) is 0 Å². The second-order valence-corrected chi connectivity index (χ2v) is 6.47. The van der Waals surface area contributed by atoms with Gasteiger partial charge in [-0.3, -0.25) is 0 Å². The second kappa shape index (κ2) is 4.49. The highest BCUT2D eigenvalue weighted by Gasteiger charge is 2.20. The fraction of sp³-hybridized carbons (Fsp3) is 0.778. The van der Waals surface area contributed by atoms with Crippen molar-refractivity contribution >= 4 is 28.2 Å². The van der Waals surface area contributed by atoms with E-state index in [2.05, 4.69) is 17.1 Å². The first-order valence-electron chi connectivity index (χ1n) is 4.99. The quantitative estimate of drug-likeness (QED) is 0.847. The first kappa shape index (κ1) is 10.2. The van der Waals surface area contributed by atoms with Gasteiger partial charge in [0.15, 0.2) is 4.34 Å². The second-order valence-electron chi connectivity index (χ2n) is 3.92. The van der Waals surface area contributed by atoms with E-state index in [1.165, 1.54) is 37.0 Å². The van der Waals surface area contributed by atoms with Gasteiger partial charge in [0.05, 0.1) is 0 Å². The summed E-state index contributed by atoms with van der Waals surface area (Å²) >= 11 is 3.36. The minimum atomic E-state index is 0.580. The Bertz CT molecular complexity index is 300. The maximum Gasteiger partial charge on any atom is 0.203 e. The van der Waals surface area contributed by atoms with Gasteiger partial charge in [-0.15, -0.1) is 10.2 Å². The molecule has 2 unspecified atom stereocenters. The Labute approximate surface area is 92.5 Å². The van der Waals surface area contributed by atoms with Crippen LogP contribution in [0.4, 0.5) is 5.13 Å². The van der Waals surface area contributed by atoms with Crippen molar-refractivity contribution in [3.63, 3.8) is 0 Å². The van der Waals surface area contributed by atoms with Gasteiger partial charge in [0, 0.05) is 5.25 Å². The van der Waals surface area contributed by atoms with Crippen molar-refractivity contribution in [2.45, 2.75) is 42.2 Å². The highest BCUT2D eigenvalue weighted by atomic mass is 32.2. The molecule has 0 spiro atoms. The van der Waals surface area contributed by atoms with E-state index in [1.807, 2.05) is 11.8 Å². The van der Waals surface area contributed by atoms with Gasteiger partial charge < -0.3 is 5.73 Å². The summed E-state index contributed by atoms with van der Waals surface area (Å²) in [5, 5.41) is 9.18. The van der Waals surface area contributed by atoms with E-state index in [1.54, 1.807) is 0 Å². The normalized spacial score (nSPS) is 27.8. The largest absolute Gasteiger partial charge is 0.374 e. The van der Waals surface area contributed by atoms with Crippen LogP contribution in [-0.4, -0.2) is 15.4 Å². The van der Waals surface area contributed by atoms with Crippen molar-refractivity contribution in [3.05, 3.63) is 0 Å². The summed E-state index contributed by atoms with van der Waals surface area (Å²) in [6.45, 7) is 2.33. The van der Waals surface area contributed by atoms with Crippen molar-refractivity contribution in [1.82, 2.24) is 10.2 Å². The number of anilines is 1. The third-order valence-electron chi connectivity index (χ3n) is 2.58. The van der Waals surface area contributed by atoms with E-state index in [0.29, 0.717) is 5.13 Å². The summed E-state index contributed by atoms with van der Waals surface area (Å²) < 4.78 is 1.03. The Balaban J connectivity index is 1.90. The first-order chi connectivity index (χ1) is 6.74. The monoisotopic (exact) mass is 229 g/mol. The molecule has 1 saturated carbocycles. The lowest BCUT2D eigenvalue weighted by Gasteiger charge is -2.24. The highest BCUT2D eigenvalue weighted by Crippen LogP contribution is 2.37. The average Bonchev–Trinajstić information content (AvgIpc) is 2.51. The van der Waals surface area contributed by atoms with Crippen LogP contribution in [0.1, 0.15) is 32.6 Å². The SMILES string of the molecule is CC1CCCC(Sc2nnc(N)s2)C1. The molecule has 0 aliphatic heterocycles. The van der Waals surface area contributed by atoms with Gasteiger partial charge in [0.25, 0.3) is 0 Å². The third-order valence-corrected chi connectivity index (χ3v) is 4.71. The van der Waals surface area contributed by atoms with E-state index in [0.717, 1.165) is 15.5 Å². The molecule has 14 heavy (non-hydrogen) atoms. The number of rotatable bonds is 2. The topological polar surface area (TPSA) is 51.8 Å². The number of nitrogen functional groups attached to an aromatic ring is 1. The Morgan fingerprint density at radius 2 is 2.29 bits per heavy atom. The summed E-state index contributed by atoms with van der Waals surface area (Å²) in [6, 6.07) is 0. The molecule has 0 amide bonds. The number of hydrogen-bond acceptors (Lipinski definition) is 5. The van der Waals surface area contributed by atoms with E-state index < -0.39 is 0 Å². The molecule has 2 atom stereocenters. The summed E-state index contributed by atoms with van der Waals surface area (Å²) in [7, 11) is 0. The maximum absolute atomic E-state index is 5.54. The van der Waals surface area contributed by atoms with Crippen LogP contribution >= 0.6 is 23.1 Å². The lowest BCUT2D eigenvalue weighted by Crippen LogP contribution is -2.14. The van der Waals surface area contributed by atoms with Gasteiger partial charge in [0.2, 0.25) is 5.13 Å². The molecule has 0 aromatic carbocycles. The molecule has 2 rings (SSSR count). The van der Waals surface area contributed by atoms with Crippen molar-refractivity contribution in [2.75, 3.05) is 5.73 Å². The number of thioether (sulfide) groups is 1. The van der Waals surface area contributed by atoms with Gasteiger partial charge in [0.1, 0.15) is 0 Å². The number of nitrogens with zero attached hydrogens (tertiary/aromatic N) is 2. The molecule has 1 aliphatic carbocycles. The molecule has 78 valence electrons. The zero-order valence-electron chi connectivity index (χ0n) is 8.27. The Morgan fingerprint density at radius 1 is 1.43 bits per heavy atom. The van der Waals surface area contributed by atoms with E-state index >= 15 is 0 Å². The van der Waals surface area contributed by atoms with Gasteiger partial charge in [-0.2, -0.15) is 0 Å². The van der Waals surface area contributed by atoms with Crippen molar-refractivity contribution in [1.29, 1.82) is 0 Å². The molecule has 1 aliphatic rings. The van der Waals surface area contributed by atoms with Gasteiger partial charge >= 0.3 is 0 Å². The standard InChI is InChI=1S/C9H15N3S2/c1-6-3-2-4-7(5-6)13-9-12-11-8(10)14-9/h6-7H,2-5H2,1H3,(H2,10,11). The molecule has 1 heterocycles. The molecule has 2 N–H and O–H groups in total. The van der Waals surface area contributed by atoms with Crippen LogP contribution in [0.15, 0.2) is 4.34 Å². The summed E-state index contributed by atoms with van der Waals surface area (Å²) in [5.74, 6) is 0.867. The van der Waals surface area contributed by atoms with Crippen LogP contribution in [0.2, 0.25) is 0 Å². The molecule has 0 radical (unpaired) electrons. The first-order valence-corrected chi connectivity index (χ1v) is 6.69. The summed E-state index contributed by atoms with van der Waals surface area (Å²) in [4.78, 5) is 0. The lowest BCUT2D eigenvalue weighted by molar-refractivity contribution is 0.394. The van der Waals surface area contributed by atoms with Crippen LogP contribution in [0.3, 0.4) is 0 Å². The van der Waals surface area contributed by atoms with Gasteiger partial charge in [-0.25, -0.2) is 0 Å². The molecule has 5 heteroatoms. The molecule has 0 bridgehead atoms. The molecule has 0 saturated heterocycles. The predicted octanol–water partition coefficient (Wildman–Crippen LogP) is 2.79. The maximum atomic E-state index is 5.54. The van der Waals surface area contributed by atoms with Crippen LogP contribution in [0.25, 0.3) is 0 Å². The highest BCUT2D eigenvalue weighted by molar-refractivity contribution is 8.01. The predicted molar refractivity (Wildman–Crippen MR) is 61.6 cm³/mol. The van der Waals surface area contributed by atoms with Gasteiger partial charge in [-0.1, -0.05) is 42.9 Å². The Hall–Kier alpha value is -0.290. The zero-order valence-corrected chi connectivity index (χ0v) is 9.90. The van der Waals surface area contributed by atoms with Crippen molar-refractivity contribution < 1.29 is 0 Å². The Morgan fingerprint density at radius 3 is 2.93 bits per heavy atom. The zero-order chi connectivity index (χ0) is 9.97. The lowest BCUT2D eigenvalue weighted by atomic mass is 9.91. The van der Waals surface area contributed by atoms with Crippen LogP contribution in [-0.2, 0) is 0 Å². The molecule has 1 aromatic heterocycles. The fourth-order valence-electron chi connectivity index (χ4n) is 1.90. The van der Waals surface area contributed by atoms with Crippen molar-refractivity contribution in [2.24, 2.45) is 5.92 Å². The molecular formula is C9H15N3S2. The minimum absolute atomic E-state index is 0.580. The fourth-order valence-corrected chi connectivity index (χ4v) is 4.18. The molecule has 1 aromatic rings. The van der Waals surface area contributed by atoms with Crippen molar-refractivity contribution in [3.8, 4) is 0 Å². The van der Waals surface area contributed by atoms with Crippen LogP contribution in [0, 0.1) is 5.92 Å². The smallest absolute Gasteiger partial charge is 0.203 e. The summed E-state index contributed by atoms with van der Waals surface area (Å²) in [5.41, 5.74) is 5.54. The minimum Gasteiger partial charge on any atom is -0.374 e. The number of hydrogen-bond donors (Lipinski definition) is 1.